The number of likely N-dealkylation sites (tertiary alicyclic amines) is 1. The van der Waals surface area contributed by atoms with E-state index in [0.29, 0.717) is 12.1 Å². The Kier molecular flexibility index (Phi) is 4.13. The largest absolute Gasteiger partial charge is 0.308 e. The summed E-state index contributed by atoms with van der Waals surface area (Å²) in [6.07, 6.45) is 4.42. The molecule has 2 atom stereocenters. The van der Waals surface area contributed by atoms with E-state index in [9.17, 15) is 0 Å². The Morgan fingerprint density at radius 3 is 2.94 bits per heavy atom. The average molecular weight is 233 g/mol. The summed E-state index contributed by atoms with van der Waals surface area (Å²) in [5, 5.41) is 3.62. The first kappa shape index (κ1) is 12.5. The fourth-order valence-electron chi connectivity index (χ4n) is 2.33. The number of aromatic nitrogens is 1. The predicted molar refractivity (Wildman–Crippen MR) is 70.9 cm³/mol. The van der Waals surface area contributed by atoms with Crippen LogP contribution in [0, 0.1) is 6.92 Å². The monoisotopic (exact) mass is 233 g/mol. The molecule has 2 rings (SSSR count). The highest BCUT2D eigenvalue weighted by atomic mass is 15.1. The minimum absolute atomic E-state index is 0.643. The molecule has 0 bridgehead atoms. The molecule has 0 aromatic carbocycles. The number of rotatable bonds is 3. The van der Waals surface area contributed by atoms with Gasteiger partial charge in [0.25, 0.3) is 0 Å². The van der Waals surface area contributed by atoms with E-state index in [1.165, 1.54) is 24.9 Å². The van der Waals surface area contributed by atoms with Crippen molar-refractivity contribution in [3.8, 4) is 0 Å². The predicted octanol–water partition coefficient (Wildman–Crippen LogP) is 1.96. The van der Waals surface area contributed by atoms with Crippen molar-refractivity contribution in [1.82, 2.24) is 15.2 Å². The second kappa shape index (κ2) is 5.61. The summed E-state index contributed by atoms with van der Waals surface area (Å²) in [4.78, 5) is 6.86. The standard InChI is InChI=1S/C14H23N3/c1-11-4-5-14(15-9-11)10-16-13-6-7-17(3)12(2)8-13/h4-5,9,12-13,16H,6-8,10H2,1-3H3. The van der Waals surface area contributed by atoms with Gasteiger partial charge in [-0.05, 0) is 51.9 Å². The van der Waals surface area contributed by atoms with Crippen LogP contribution in [0.1, 0.15) is 31.0 Å². The third-order valence-corrected chi connectivity index (χ3v) is 3.75. The Labute approximate surface area is 104 Å². The van der Waals surface area contributed by atoms with Gasteiger partial charge < -0.3 is 10.2 Å². The summed E-state index contributed by atoms with van der Waals surface area (Å²) in [7, 11) is 2.21. The van der Waals surface area contributed by atoms with Crippen molar-refractivity contribution >= 4 is 0 Å². The van der Waals surface area contributed by atoms with Gasteiger partial charge in [0.05, 0.1) is 5.69 Å². The highest BCUT2D eigenvalue weighted by Crippen LogP contribution is 2.15. The number of piperidine rings is 1. The van der Waals surface area contributed by atoms with Crippen LogP contribution in [-0.4, -0.2) is 35.6 Å². The van der Waals surface area contributed by atoms with Crippen molar-refractivity contribution in [3.63, 3.8) is 0 Å². The van der Waals surface area contributed by atoms with Gasteiger partial charge in [-0.3, -0.25) is 4.98 Å². The van der Waals surface area contributed by atoms with Crippen molar-refractivity contribution in [2.24, 2.45) is 0 Å². The summed E-state index contributed by atoms with van der Waals surface area (Å²) in [6, 6.07) is 5.57. The summed E-state index contributed by atoms with van der Waals surface area (Å²) in [6.45, 7) is 6.46. The topological polar surface area (TPSA) is 28.2 Å². The molecule has 1 N–H and O–H groups in total. The van der Waals surface area contributed by atoms with E-state index in [4.69, 9.17) is 0 Å². The zero-order valence-corrected chi connectivity index (χ0v) is 11.1. The van der Waals surface area contributed by atoms with E-state index >= 15 is 0 Å². The van der Waals surface area contributed by atoms with E-state index in [0.717, 1.165) is 12.2 Å². The van der Waals surface area contributed by atoms with Gasteiger partial charge in [-0.25, -0.2) is 0 Å². The molecule has 2 heterocycles. The molecule has 1 aliphatic heterocycles. The minimum atomic E-state index is 0.643. The maximum Gasteiger partial charge on any atom is 0.0541 e. The summed E-state index contributed by atoms with van der Waals surface area (Å²) >= 11 is 0. The van der Waals surface area contributed by atoms with Gasteiger partial charge in [0.2, 0.25) is 0 Å². The molecule has 17 heavy (non-hydrogen) atoms. The Morgan fingerprint density at radius 2 is 2.29 bits per heavy atom. The van der Waals surface area contributed by atoms with Gasteiger partial charge >= 0.3 is 0 Å². The van der Waals surface area contributed by atoms with Crippen LogP contribution < -0.4 is 5.32 Å². The third-order valence-electron chi connectivity index (χ3n) is 3.75. The van der Waals surface area contributed by atoms with E-state index in [2.05, 4.69) is 48.2 Å². The second-order valence-corrected chi connectivity index (χ2v) is 5.26. The van der Waals surface area contributed by atoms with Crippen LogP contribution in [0.4, 0.5) is 0 Å². The molecule has 3 nitrogen and oxygen atoms in total. The number of aryl methyl sites for hydroxylation is 1. The van der Waals surface area contributed by atoms with Crippen LogP contribution in [0.3, 0.4) is 0 Å². The van der Waals surface area contributed by atoms with Crippen LogP contribution in [0.5, 0.6) is 0 Å². The maximum atomic E-state index is 4.42. The summed E-state index contributed by atoms with van der Waals surface area (Å²) in [5.41, 5.74) is 2.36. The van der Waals surface area contributed by atoms with E-state index < -0.39 is 0 Å². The number of hydrogen-bond donors (Lipinski definition) is 1. The molecule has 0 amide bonds. The number of nitrogens with zero attached hydrogens (tertiary/aromatic N) is 2. The van der Waals surface area contributed by atoms with Gasteiger partial charge in [0, 0.05) is 24.8 Å². The molecule has 1 saturated heterocycles. The van der Waals surface area contributed by atoms with Crippen LogP contribution >= 0.6 is 0 Å². The number of nitrogens with one attached hydrogen (secondary N) is 1. The van der Waals surface area contributed by atoms with Crippen LogP contribution in [0.15, 0.2) is 18.3 Å². The lowest BCUT2D eigenvalue weighted by Gasteiger charge is -2.35. The van der Waals surface area contributed by atoms with E-state index in [1.54, 1.807) is 0 Å². The van der Waals surface area contributed by atoms with Gasteiger partial charge in [-0.1, -0.05) is 6.07 Å². The fourth-order valence-corrected chi connectivity index (χ4v) is 2.33. The molecular formula is C14H23N3. The van der Waals surface area contributed by atoms with Crippen molar-refractivity contribution in [1.29, 1.82) is 0 Å². The molecule has 94 valence electrons. The lowest BCUT2D eigenvalue weighted by molar-refractivity contribution is 0.168. The number of pyridine rings is 1. The van der Waals surface area contributed by atoms with Crippen LogP contribution in [0.2, 0.25) is 0 Å². The summed E-state index contributed by atoms with van der Waals surface area (Å²) in [5.74, 6) is 0. The zero-order valence-electron chi connectivity index (χ0n) is 11.1. The van der Waals surface area contributed by atoms with Crippen molar-refractivity contribution in [2.75, 3.05) is 13.6 Å². The van der Waals surface area contributed by atoms with Crippen molar-refractivity contribution < 1.29 is 0 Å². The normalized spacial score (nSPS) is 26.1. The first-order valence-electron chi connectivity index (χ1n) is 6.50. The maximum absolute atomic E-state index is 4.42. The van der Waals surface area contributed by atoms with E-state index in [-0.39, 0.29) is 0 Å². The molecule has 0 radical (unpaired) electrons. The molecule has 0 saturated carbocycles. The molecule has 0 aliphatic carbocycles. The lowest BCUT2D eigenvalue weighted by Crippen LogP contribution is -2.45. The van der Waals surface area contributed by atoms with Gasteiger partial charge in [-0.2, -0.15) is 0 Å². The lowest BCUT2D eigenvalue weighted by atomic mass is 9.99. The van der Waals surface area contributed by atoms with Gasteiger partial charge in [-0.15, -0.1) is 0 Å². The molecule has 1 aromatic rings. The summed E-state index contributed by atoms with van der Waals surface area (Å²) < 4.78 is 0. The molecule has 1 aromatic heterocycles. The van der Waals surface area contributed by atoms with Gasteiger partial charge in [0.1, 0.15) is 0 Å². The first-order valence-corrected chi connectivity index (χ1v) is 6.50. The molecule has 1 fully saturated rings. The third kappa shape index (κ3) is 3.51. The average Bonchev–Trinajstić information content (AvgIpc) is 2.33. The molecule has 1 aliphatic rings. The van der Waals surface area contributed by atoms with Crippen LogP contribution in [0.25, 0.3) is 0 Å². The SMILES string of the molecule is Cc1ccc(CNC2CCN(C)C(C)C2)nc1. The van der Waals surface area contributed by atoms with E-state index in [1.807, 2.05) is 6.20 Å². The Balaban J connectivity index is 1.80. The smallest absolute Gasteiger partial charge is 0.0541 e. The van der Waals surface area contributed by atoms with Crippen molar-refractivity contribution in [3.05, 3.63) is 29.6 Å². The quantitative estimate of drug-likeness (QED) is 0.865. The Hall–Kier alpha value is -0.930. The van der Waals surface area contributed by atoms with Crippen LogP contribution in [-0.2, 0) is 6.54 Å². The molecule has 3 heteroatoms. The fraction of sp³-hybridized carbons (Fsp3) is 0.643. The molecular weight excluding hydrogens is 210 g/mol. The molecule has 2 unspecified atom stereocenters. The Morgan fingerprint density at radius 1 is 1.47 bits per heavy atom. The highest BCUT2D eigenvalue weighted by Gasteiger charge is 2.22. The zero-order chi connectivity index (χ0) is 12.3. The molecule has 0 spiro atoms. The Bertz CT molecular complexity index is 347. The van der Waals surface area contributed by atoms with Gasteiger partial charge in [0.15, 0.2) is 0 Å². The first-order chi connectivity index (χ1) is 8.15. The second-order valence-electron chi connectivity index (χ2n) is 5.26. The number of hydrogen-bond acceptors (Lipinski definition) is 3. The van der Waals surface area contributed by atoms with Crippen molar-refractivity contribution in [2.45, 2.75) is 45.3 Å². The minimum Gasteiger partial charge on any atom is -0.308 e. The highest BCUT2D eigenvalue weighted by molar-refractivity contribution is 5.12.